The number of hydrogen-bond donors (Lipinski definition) is 1. The van der Waals surface area contributed by atoms with Crippen LogP contribution in [0.25, 0.3) is 0 Å². The Hall–Kier alpha value is -1.65. The van der Waals surface area contributed by atoms with Crippen molar-refractivity contribution in [2.75, 3.05) is 19.4 Å². The maximum atomic E-state index is 13.6. The maximum Gasteiger partial charge on any atom is 0.254 e. The Morgan fingerprint density at radius 1 is 1.37 bits per heavy atom. The normalized spacial score (nSPS) is 12.1. The van der Waals surface area contributed by atoms with E-state index in [2.05, 4.69) is 5.32 Å². The van der Waals surface area contributed by atoms with E-state index in [9.17, 15) is 13.6 Å². The first-order valence-corrected chi connectivity index (χ1v) is 6.36. The smallest absolute Gasteiger partial charge is 0.254 e. The standard InChI is InChI=1S/C14H20F2N2O/c1-5-6-9(2)18(4)14(19)10-7-11(15)13(17-3)12(16)8-10/h7-9,17H,5-6H2,1-4H3. The van der Waals surface area contributed by atoms with Gasteiger partial charge in [-0.15, -0.1) is 0 Å². The van der Waals surface area contributed by atoms with E-state index in [1.165, 1.54) is 11.9 Å². The minimum atomic E-state index is -0.762. The number of carbonyl (C=O) groups is 1. The Kier molecular flexibility index (Phi) is 5.27. The third kappa shape index (κ3) is 3.43. The lowest BCUT2D eigenvalue weighted by Crippen LogP contribution is -2.35. The van der Waals surface area contributed by atoms with Crippen molar-refractivity contribution in [3.8, 4) is 0 Å². The third-order valence-corrected chi connectivity index (χ3v) is 3.23. The van der Waals surface area contributed by atoms with Crippen LogP contribution in [0.1, 0.15) is 37.0 Å². The van der Waals surface area contributed by atoms with Gasteiger partial charge in [0.25, 0.3) is 5.91 Å². The van der Waals surface area contributed by atoms with E-state index in [0.29, 0.717) is 0 Å². The number of hydrogen-bond acceptors (Lipinski definition) is 2. The molecule has 3 nitrogen and oxygen atoms in total. The number of nitrogens with one attached hydrogen (secondary N) is 1. The summed E-state index contributed by atoms with van der Waals surface area (Å²) in [5, 5.41) is 2.43. The number of nitrogens with zero attached hydrogens (tertiary/aromatic N) is 1. The van der Waals surface area contributed by atoms with Crippen molar-refractivity contribution in [3.63, 3.8) is 0 Å². The predicted octanol–water partition coefficient (Wildman–Crippen LogP) is 3.27. The molecular formula is C14H20F2N2O. The second kappa shape index (κ2) is 6.50. The lowest BCUT2D eigenvalue weighted by Gasteiger charge is -2.25. The minimum Gasteiger partial charge on any atom is -0.383 e. The number of benzene rings is 1. The minimum absolute atomic E-state index is 0.0273. The molecule has 0 aliphatic carbocycles. The molecule has 106 valence electrons. The molecule has 1 N–H and O–H groups in total. The second-order valence-electron chi connectivity index (χ2n) is 4.62. The van der Waals surface area contributed by atoms with Crippen molar-refractivity contribution < 1.29 is 13.6 Å². The number of carbonyl (C=O) groups excluding carboxylic acids is 1. The van der Waals surface area contributed by atoms with Crippen LogP contribution in [-0.4, -0.2) is 30.9 Å². The highest BCUT2D eigenvalue weighted by molar-refractivity contribution is 5.94. The van der Waals surface area contributed by atoms with E-state index in [-0.39, 0.29) is 23.2 Å². The fourth-order valence-corrected chi connectivity index (χ4v) is 1.95. The molecule has 5 heteroatoms. The van der Waals surface area contributed by atoms with Crippen molar-refractivity contribution in [2.45, 2.75) is 32.7 Å². The molecule has 0 aliphatic heterocycles. The van der Waals surface area contributed by atoms with E-state index in [0.717, 1.165) is 25.0 Å². The number of amides is 1. The zero-order valence-electron chi connectivity index (χ0n) is 11.8. The Balaban J connectivity index is 3.00. The van der Waals surface area contributed by atoms with Crippen LogP contribution >= 0.6 is 0 Å². The van der Waals surface area contributed by atoms with Gasteiger partial charge < -0.3 is 10.2 Å². The van der Waals surface area contributed by atoms with Gasteiger partial charge in [0.2, 0.25) is 0 Å². The van der Waals surface area contributed by atoms with Crippen LogP contribution in [0.15, 0.2) is 12.1 Å². The van der Waals surface area contributed by atoms with Crippen LogP contribution in [0.3, 0.4) is 0 Å². The van der Waals surface area contributed by atoms with Crippen molar-refractivity contribution in [1.82, 2.24) is 4.90 Å². The van der Waals surface area contributed by atoms with Crippen LogP contribution in [0.2, 0.25) is 0 Å². The SMILES string of the molecule is CCCC(C)N(C)C(=O)c1cc(F)c(NC)c(F)c1. The van der Waals surface area contributed by atoms with Gasteiger partial charge in [0, 0.05) is 25.7 Å². The molecule has 1 unspecified atom stereocenters. The highest BCUT2D eigenvalue weighted by Gasteiger charge is 2.20. The molecule has 0 radical (unpaired) electrons. The molecule has 1 atom stereocenters. The van der Waals surface area contributed by atoms with Crippen LogP contribution in [0.4, 0.5) is 14.5 Å². The Bertz CT molecular complexity index is 440. The van der Waals surface area contributed by atoms with Crippen LogP contribution in [0.5, 0.6) is 0 Å². The van der Waals surface area contributed by atoms with Gasteiger partial charge >= 0.3 is 0 Å². The van der Waals surface area contributed by atoms with Crippen molar-refractivity contribution in [1.29, 1.82) is 0 Å². The first kappa shape index (κ1) is 15.4. The van der Waals surface area contributed by atoms with Crippen molar-refractivity contribution in [2.24, 2.45) is 0 Å². The molecule has 1 amide bonds. The molecule has 0 saturated carbocycles. The van der Waals surface area contributed by atoms with Crippen LogP contribution in [0, 0.1) is 11.6 Å². The van der Waals surface area contributed by atoms with Gasteiger partial charge in [-0.2, -0.15) is 0 Å². The topological polar surface area (TPSA) is 32.3 Å². The second-order valence-corrected chi connectivity index (χ2v) is 4.62. The molecule has 0 bridgehead atoms. The summed E-state index contributed by atoms with van der Waals surface area (Å²) >= 11 is 0. The maximum absolute atomic E-state index is 13.6. The first-order valence-electron chi connectivity index (χ1n) is 6.36. The first-order chi connectivity index (χ1) is 8.92. The molecule has 0 aromatic heterocycles. The lowest BCUT2D eigenvalue weighted by atomic mass is 10.1. The van der Waals surface area contributed by atoms with Gasteiger partial charge in [-0.3, -0.25) is 4.79 Å². The van der Waals surface area contributed by atoms with Crippen molar-refractivity contribution in [3.05, 3.63) is 29.3 Å². The third-order valence-electron chi connectivity index (χ3n) is 3.23. The fourth-order valence-electron chi connectivity index (χ4n) is 1.95. The van der Waals surface area contributed by atoms with Crippen molar-refractivity contribution >= 4 is 11.6 Å². The van der Waals surface area contributed by atoms with Gasteiger partial charge in [0.1, 0.15) is 17.3 Å². The van der Waals surface area contributed by atoms with Gasteiger partial charge in [-0.25, -0.2) is 8.78 Å². The van der Waals surface area contributed by atoms with E-state index in [1.807, 2.05) is 13.8 Å². The summed E-state index contributed by atoms with van der Waals surface area (Å²) < 4.78 is 27.2. The van der Waals surface area contributed by atoms with Crippen LogP contribution < -0.4 is 5.32 Å². The Labute approximate surface area is 112 Å². The monoisotopic (exact) mass is 270 g/mol. The quantitative estimate of drug-likeness (QED) is 0.890. The van der Waals surface area contributed by atoms with E-state index in [4.69, 9.17) is 0 Å². The molecule has 0 fully saturated rings. The summed E-state index contributed by atoms with van der Waals surface area (Å²) in [6.45, 7) is 3.94. The summed E-state index contributed by atoms with van der Waals surface area (Å²) in [7, 11) is 3.07. The molecular weight excluding hydrogens is 250 g/mol. The fraction of sp³-hybridized carbons (Fsp3) is 0.500. The lowest BCUT2D eigenvalue weighted by molar-refractivity contribution is 0.0736. The highest BCUT2D eigenvalue weighted by Crippen LogP contribution is 2.21. The molecule has 1 aromatic carbocycles. The average Bonchev–Trinajstić information content (AvgIpc) is 2.36. The van der Waals surface area contributed by atoms with E-state index >= 15 is 0 Å². The Morgan fingerprint density at radius 2 is 1.89 bits per heavy atom. The van der Waals surface area contributed by atoms with Crippen LogP contribution in [-0.2, 0) is 0 Å². The number of rotatable bonds is 5. The molecule has 1 rings (SSSR count). The van der Waals surface area contributed by atoms with Gasteiger partial charge in [-0.05, 0) is 25.5 Å². The zero-order valence-corrected chi connectivity index (χ0v) is 11.8. The summed E-state index contributed by atoms with van der Waals surface area (Å²) in [5.41, 5.74) is -0.194. The highest BCUT2D eigenvalue weighted by atomic mass is 19.1. The summed E-state index contributed by atoms with van der Waals surface area (Å²) in [4.78, 5) is 13.6. The Morgan fingerprint density at radius 3 is 2.32 bits per heavy atom. The number of halogens is 2. The molecule has 19 heavy (non-hydrogen) atoms. The van der Waals surface area contributed by atoms with Gasteiger partial charge in [0.15, 0.2) is 0 Å². The van der Waals surface area contributed by atoms with E-state index in [1.54, 1.807) is 7.05 Å². The average molecular weight is 270 g/mol. The summed E-state index contributed by atoms with van der Waals surface area (Å²) in [6.07, 6.45) is 1.79. The zero-order chi connectivity index (χ0) is 14.6. The molecule has 0 aliphatic rings. The predicted molar refractivity (Wildman–Crippen MR) is 72.4 cm³/mol. The molecule has 0 spiro atoms. The summed E-state index contributed by atoms with van der Waals surface area (Å²) in [6, 6.07) is 2.16. The molecule has 1 aromatic rings. The number of anilines is 1. The molecule has 0 saturated heterocycles. The summed E-state index contributed by atoms with van der Waals surface area (Å²) in [5.74, 6) is -1.90. The largest absolute Gasteiger partial charge is 0.383 e. The van der Waals surface area contributed by atoms with E-state index < -0.39 is 11.6 Å². The van der Waals surface area contributed by atoms with Gasteiger partial charge in [0.05, 0.1) is 0 Å². The molecule has 0 heterocycles. The van der Waals surface area contributed by atoms with Gasteiger partial charge in [-0.1, -0.05) is 13.3 Å².